The molecule has 0 saturated carbocycles. The number of fused-ring (bicyclic) bond motifs is 1. The number of aliphatic hydroxyl groups is 1. The van der Waals surface area contributed by atoms with E-state index in [9.17, 15) is 5.11 Å². The molecule has 3 nitrogen and oxygen atoms in total. The van der Waals surface area contributed by atoms with E-state index in [-0.39, 0.29) is 0 Å². The molecule has 3 heteroatoms. The zero-order valence-corrected chi connectivity index (χ0v) is 9.93. The third kappa shape index (κ3) is 2.68. The van der Waals surface area contributed by atoms with Gasteiger partial charge < -0.3 is 5.11 Å². The lowest BCUT2D eigenvalue weighted by molar-refractivity contribution is 0.172. The Morgan fingerprint density at radius 2 is 2.06 bits per heavy atom. The van der Waals surface area contributed by atoms with Gasteiger partial charge in [-0.2, -0.15) is 0 Å². The molecule has 0 radical (unpaired) electrons. The summed E-state index contributed by atoms with van der Waals surface area (Å²) < 4.78 is 0. The van der Waals surface area contributed by atoms with Crippen molar-refractivity contribution in [3.8, 4) is 0 Å². The lowest BCUT2D eigenvalue weighted by Crippen LogP contribution is -2.02. The minimum Gasteiger partial charge on any atom is -0.386 e. The highest BCUT2D eigenvalue weighted by Gasteiger charge is 2.11. The first-order chi connectivity index (χ1) is 8.20. The van der Waals surface area contributed by atoms with E-state index in [2.05, 4.69) is 16.5 Å². The van der Waals surface area contributed by atoms with E-state index in [1.165, 1.54) is 0 Å². The number of para-hydroxylation sites is 2. The van der Waals surface area contributed by atoms with Gasteiger partial charge in [-0.25, -0.2) is 4.98 Å². The fraction of sp³-hybridized carbons (Fsp3) is 0.286. The molecule has 0 aliphatic carbocycles. The fourth-order valence-corrected chi connectivity index (χ4v) is 1.65. The van der Waals surface area contributed by atoms with Crippen LogP contribution in [0.2, 0.25) is 0 Å². The number of aliphatic hydroxyl groups excluding tert-OH is 1. The van der Waals surface area contributed by atoms with Crippen LogP contribution in [0.4, 0.5) is 0 Å². The number of nitrogens with zero attached hydrogens (tertiary/aromatic N) is 2. The molecule has 1 atom stereocenters. The molecular formula is C14H16N2O. The standard InChI is InChI=1S/C14H16N2O/c1-3-10(2)8-14(17)13-9-15-11-6-4-5-7-12(11)16-13/h4-7,9,14,17H,2-3,8H2,1H3. The molecule has 88 valence electrons. The van der Waals surface area contributed by atoms with E-state index >= 15 is 0 Å². The molecule has 1 N–H and O–H groups in total. The van der Waals surface area contributed by atoms with E-state index in [0.717, 1.165) is 23.0 Å². The van der Waals surface area contributed by atoms with E-state index < -0.39 is 6.10 Å². The van der Waals surface area contributed by atoms with E-state index in [0.29, 0.717) is 12.1 Å². The van der Waals surface area contributed by atoms with Gasteiger partial charge in [0.05, 0.1) is 22.9 Å². The van der Waals surface area contributed by atoms with Gasteiger partial charge in [-0.1, -0.05) is 31.2 Å². The predicted molar refractivity (Wildman–Crippen MR) is 68.5 cm³/mol. The highest BCUT2D eigenvalue weighted by atomic mass is 16.3. The number of hydrogen-bond acceptors (Lipinski definition) is 3. The molecular weight excluding hydrogens is 212 g/mol. The summed E-state index contributed by atoms with van der Waals surface area (Å²) >= 11 is 0. The van der Waals surface area contributed by atoms with Crippen molar-refractivity contribution in [3.63, 3.8) is 0 Å². The van der Waals surface area contributed by atoms with E-state index in [1.807, 2.05) is 31.2 Å². The van der Waals surface area contributed by atoms with Crippen LogP contribution in [0.1, 0.15) is 31.6 Å². The van der Waals surface area contributed by atoms with Gasteiger partial charge in [0, 0.05) is 0 Å². The number of benzene rings is 1. The summed E-state index contributed by atoms with van der Waals surface area (Å²) in [6.07, 6.45) is 2.44. The molecule has 0 saturated heterocycles. The smallest absolute Gasteiger partial charge is 0.101 e. The molecule has 0 aliphatic heterocycles. The van der Waals surface area contributed by atoms with Crippen molar-refractivity contribution in [1.29, 1.82) is 0 Å². The molecule has 0 amide bonds. The molecule has 2 aromatic rings. The second-order valence-electron chi connectivity index (χ2n) is 4.11. The lowest BCUT2D eigenvalue weighted by Gasteiger charge is -2.11. The normalized spacial score (nSPS) is 12.6. The number of rotatable bonds is 4. The first-order valence-electron chi connectivity index (χ1n) is 5.77. The summed E-state index contributed by atoms with van der Waals surface area (Å²) in [6, 6.07) is 7.64. The maximum Gasteiger partial charge on any atom is 0.101 e. The molecule has 0 fully saturated rings. The summed E-state index contributed by atoms with van der Waals surface area (Å²) in [6.45, 7) is 5.92. The fourth-order valence-electron chi connectivity index (χ4n) is 1.65. The average molecular weight is 228 g/mol. The highest BCUT2D eigenvalue weighted by Crippen LogP contribution is 2.21. The SMILES string of the molecule is C=C(CC)CC(O)c1cnc2ccccc2n1. The molecule has 2 rings (SSSR count). The zero-order valence-electron chi connectivity index (χ0n) is 9.93. The third-order valence-electron chi connectivity index (χ3n) is 2.79. The Labute approximate surface area is 101 Å². The van der Waals surface area contributed by atoms with Crippen molar-refractivity contribution < 1.29 is 5.11 Å². The summed E-state index contributed by atoms with van der Waals surface area (Å²) in [7, 11) is 0. The van der Waals surface area contributed by atoms with Crippen LogP contribution in [0.3, 0.4) is 0 Å². The van der Waals surface area contributed by atoms with Gasteiger partial charge in [0.2, 0.25) is 0 Å². The van der Waals surface area contributed by atoms with Crippen molar-refractivity contribution in [2.75, 3.05) is 0 Å². The summed E-state index contributed by atoms with van der Waals surface area (Å²) in [5, 5.41) is 10.0. The quantitative estimate of drug-likeness (QED) is 0.818. The van der Waals surface area contributed by atoms with Crippen LogP contribution < -0.4 is 0 Å². The molecule has 1 aromatic carbocycles. The zero-order chi connectivity index (χ0) is 12.3. The van der Waals surface area contributed by atoms with Gasteiger partial charge >= 0.3 is 0 Å². The van der Waals surface area contributed by atoms with Gasteiger partial charge in [0.25, 0.3) is 0 Å². The molecule has 0 bridgehead atoms. The predicted octanol–water partition coefficient (Wildman–Crippen LogP) is 3.02. The minimum atomic E-state index is -0.612. The highest BCUT2D eigenvalue weighted by molar-refractivity contribution is 5.73. The van der Waals surface area contributed by atoms with Gasteiger partial charge in [-0.15, -0.1) is 0 Å². The molecule has 1 heterocycles. The Morgan fingerprint density at radius 1 is 1.35 bits per heavy atom. The van der Waals surface area contributed by atoms with Gasteiger partial charge in [-0.3, -0.25) is 4.98 Å². The first kappa shape index (κ1) is 11.7. The summed E-state index contributed by atoms with van der Waals surface area (Å²) in [5.74, 6) is 0. The topological polar surface area (TPSA) is 46.0 Å². The minimum absolute atomic E-state index is 0.545. The van der Waals surface area contributed by atoms with Crippen molar-refractivity contribution in [1.82, 2.24) is 9.97 Å². The van der Waals surface area contributed by atoms with Crippen LogP contribution >= 0.6 is 0 Å². The Balaban J connectivity index is 2.26. The average Bonchev–Trinajstić information content (AvgIpc) is 2.38. The molecule has 0 aliphatic rings. The maximum atomic E-state index is 10.0. The Morgan fingerprint density at radius 3 is 2.76 bits per heavy atom. The van der Waals surface area contributed by atoms with Crippen LogP contribution in [0, 0.1) is 0 Å². The van der Waals surface area contributed by atoms with Crippen molar-refractivity contribution >= 4 is 11.0 Å². The molecule has 0 spiro atoms. The van der Waals surface area contributed by atoms with Crippen molar-refractivity contribution in [2.45, 2.75) is 25.9 Å². The van der Waals surface area contributed by atoms with Gasteiger partial charge in [-0.05, 0) is 25.0 Å². The third-order valence-corrected chi connectivity index (χ3v) is 2.79. The van der Waals surface area contributed by atoms with Gasteiger partial charge in [0.1, 0.15) is 6.10 Å². The largest absolute Gasteiger partial charge is 0.386 e. The Kier molecular flexibility index (Phi) is 3.49. The van der Waals surface area contributed by atoms with Crippen LogP contribution in [0.25, 0.3) is 11.0 Å². The first-order valence-corrected chi connectivity index (χ1v) is 5.77. The Bertz CT molecular complexity index is 536. The monoisotopic (exact) mass is 228 g/mol. The van der Waals surface area contributed by atoms with Crippen molar-refractivity contribution in [2.24, 2.45) is 0 Å². The van der Waals surface area contributed by atoms with E-state index in [1.54, 1.807) is 6.20 Å². The number of hydrogen-bond donors (Lipinski definition) is 1. The number of aromatic nitrogens is 2. The summed E-state index contributed by atoms with van der Waals surface area (Å²) in [5.41, 5.74) is 3.29. The van der Waals surface area contributed by atoms with Crippen LogP contribution in [-0.2, 0) is 0 Å². The van der Waals surface area contributed by atoms with Crippen LogP contribution in [-0.4, -0.2) is 15.1 Å². The van der Waals surface area contributed by atoms with Crippen LogP contribution in [0.5, 0.6) is 0 Å². The molecule has 1 unspecified atom stereocenters. The van der Waals surface area contributed by atoms with Gasteiger partial charge in [0.15, 0.2) is 0 Å². The second kappa shape index (κ2) is 5.06. The molecule has 17 heavy (non-hydrogen) atoms. The summed E-state index contributed by atoms with van der Waals surface area (Å²) in [4.78, 5) is 8.69. The van der Waals surface area contributed by atoms with E-state index in [4.69, 9.17) is 0 Å². The van der Waals surface area contributed by atoms with Crippen molar-refractivity contribution in [3.05, 3.63) is 48.3 Å². The lowest BCUT2D eigenvalue weighted by atomic mass is 10.1. The Hall–Kier alpha value is -1.74. The second-order valence-corrected chi connectivity index (χ2v) is 4.11. The molecule has 1 aromatic heterocycles. The maximum absolute atomic E-state index is 10.0. The van der Waals surface area contributed by atoms with Crippen LogP contribution in [0.15, 0.2) is 42.6 Å².